The van der Waals surface area contributed by atoms with Gasteiger partial charge >= 0.3 is 5.97 Å². The molecule has 0 N–H and O–H groups in total. The van der Waals surface area contributed by atoms with Gasteiger partial charge in [0.1, 0.15) is 6.61 Å². The van der Waals surface area contributed by atoms with Gasteiger partial charge in [-0.15, -0.1) is 0 Å². The van der Waals surface area contributed by atoms with Crippen molar-refractivity contribution in [1.29, 1.82) is 0 Å². The maximum atomic E-state index is 11.7. The van der Waals surface area contributed by atoms with E-state index < -0.39 is 0 Å². The topological polar surface area (TPSA) is 48.0 Å². The highest BCUT2D eigenvalue weighted by Gasteiger charge is 2.04. The number of carbonyl (C=O) groups is 1. The number of nitrogens with zero attached hydrogens (tertiary/aromatic N) is 1. The van der Waals surface area contributed by atoms with Crippen molar-refractivity contribution in [2.24, 2.45) is 0 Å². The summed E-state index contributed by atoms with van der Waals surface area (Å²) in [5.41, 5.74) is 0.846. The lowest BCUT2D eigenvalue weighted by molar-refractivity contribution is -0.138. The molecule has 0 aliphatic heterocycles. The Hall–Kier alpha value is -2.01. The Labute approximate surface area is 132 Å². The molecule has 0 spiro atoms. The van der Waals surface area contributed by atoms with Gasteiger partial charge in [-0.2, -0.15) is 0 Å². The molecular formula is C17H25NO4. The lowest BCUT2D eigenvalue weighted by atomic mass is 10.2. The molecule has 0 aliphatic rings. The fourth-order valence-corrected chi connectivity index (χ4v) is 1.98. The third-order valence-corrected chi connectivity index (χ3v) is 3.37. The van der Waals surface area contributed by atoms with E-state index in [1.807, 2.05) is 6.07 Å². The van der Waals surface area contributed by atoms with Crippen molar-refractivity contribution in [1.82, 2.24) is 4.90 Å². The Bertz CT molecular complexity index is 495. The molecule has 22 heavy (non-hydrogen) atoms. The van der Waals surface area contributed by atoms with E-state index in [1.165, 1.54) is 6.08 Å². The van der Waals surface area contributed by atoms with Gasteiger partial charge in [0.2, 0.25) is 0 Å². The molecule has 0 fully saturated rings. The van der Waals surface area contributed by atoms with E-state index in [-0.39, 0.29) is 5.97 Å². The molecule has 5 nitrogen and oxygen atoms in total. The smallest absolute Gasteiger partial charge is 0.330 e. The Balaban J connectivity index is 2.52. The van der Waals surface area contributed by atoms with Crippen LogP contribution < -0.4 is 9.47 Å². The first kappa shape index (κ1) is 18.0. The van der Waals surface area contributed by atoms with Gasteiger partial charge in [0.05, 0.1) is 14.2 Å². The molecule has 5 heteroatoms. The summed E-state index contributed by atoms with van der Waals surface area (Å²) in [4.78, 5) is 13.9. The third-order valence-electron chi connectivity index (χ3n) is 3.37. The number of carbonyl (C=O) groups excluding carboxylic acids is 1. The molecule has 0 amide bonds. The van der Waals surface area contributed by atoms with Crippen LogP contribution in [0.1, 0.15) is 19.4 Å². The van der Waals surface area contributed by atoms with Gasteiger partial charge in [-0.25, -0.2) is 4.79 Å². The van der Waals surface area contributed by atoms with Crippen LogP contribution in [0.5, 0.6) is 11.5 Å². The minimum absolute atomic E-state index is 0.345. The van der Waals surface area contributed by atoms with E-state index in [1.54, 1.807) is 32.4 Å². The Morgan fingerprint density at radius 2 is 1.82 bits per heavy atom. The number of hydrogen-bond donors (Lipinski definition) is 0. The molecule has 0 saturated heterocycles. The fraction of sp³-hybridized carbons (Fsp3) is 0.471. The summed E-state index contributed by atoms with van der Waals surface area (Å²) in [5.74, 6) is 0.933. The van der Waals surface area contributed by atoms with E-state index >= 15 is 0 Å². The van der Waals surface area contributed by atoms with Crippen molar-refractivity contribution in [3.8, 4) is 11.5 Å². The van der Waals surface area contributed by atoms with E-state index in [0.717, 1.165) is 25.2 Å². The van der Waals surface area contributed by atoms with Crippen molar-refractivity contribution in [3.63, 3.8) is 0 Å². The van der Waals surface area contributed by atoms with Crippen LogP contribution in [0.25, 0.3) is 6.08 Å². The lowest BCUT2D eigenvalue weighted by Crippen LogP contribution is -2.27. The van der Waals surface area contributed by atoms with Gasteiger partial charge in [0.25, 0.3) is 0 Å². The van der Waals surface area contributed by atoms with Crippen LogP contribution >= 0.6 is 0 Å². The maximum absolute atomic E-state index is 11.7. The third kappa shape index (κ3) is 5.77. The summed E-state index contributed by atoms with van der Waals surface area (Å²) in [5, 5.41) is 0. The zero-order chi connectivity index (χ0) is 16.4. The van der Waals surface area contributed by atoms with Gasteiger partial charge in [-0.05, 0) is 36.9 Å². The minimum Gasteiger partial charge on any atom is -0.493 e. The number of likely N-dealkylation sites (N-methyl/N-ethyl adjacent to an activating group) is 1. The first-order valence-electron chi connectivity index (χ1n) is 7.43. The first-order chi connectivity index (χ1) is 10.6. The highest BCUT2D eigenvalue weighted by atomic mass is 16.5. The van der Waals surface area contributed by atoms with Crippen molar-refractivity contribution in [2.45, 2.75) is 13.8 Å². The number of esters is 1. The monoisotopic (exact) mass is 307 g/mol. The van der Waals surface area contributed by atoms with Gasteiger partial charge in [0.15, 0.2) is 11.5 Å². The second-order valence-corrected chi connectivity index (χ2v) is 4.64. The molecule has 1 aromatic carbocycles. The van der Waals surface area contributed by atoms with Crippen LogP contribution in [-0.4, -0.2) is 51.3 Å². The zero-order valence-corrected chi connectivity index (χ0v) is 13.8. The first-order valence-corrected chi connectivity index (χ1v) is 7.43. The van der Waals surface area contributed by atoms with Crippen molar-refractivity contribution >= 4 is 12.0 Å². The van der Waals surface area contributed by atoms with Crippen LogP contribution in [0.4, 0.5) is 0 Å². The molecule has 122 valence electrons. The van der Waals surface area contributed by atoms with Crippen molar-refractivity contribution in [2.75, 3.05) is 40.5 Å². The summed E-state index contributed by atoms with van der Waals surface area (Å²) in [7, 11) is 3.16. The van der Waals surface area contributed by atoms with Crippen LogP contribution in [0.3, 0.4) is 0 Å². The van der Waals surface area contributed by atoms with Crippen molar-refractivity contribution < 1.29 is 19.0 Å². The molecule has 0 bridgehead atoms. The lowest BCUT2D eigenvalue weighted by Gasteiger charge is -2.17. The number of benzene rings is 1. The predicted octanol–water partition coefficient (Wildman–Crippen LogP) is 2.60. The minimum atomic E-state index is -0.345. The molecule has 0 heterocycles. The van der Waals surface area contributed by atoms with E-state index in [4.69, 9.17) is 14.2 Å². The summed E-state index contributed by atoms with van der Waals surface area (Å²) in [6.45, 7) is 7.23. The predicted molar refractivity (Wildman–Crippen MR) is 87.3 cm³/mol. The molecule has 0 saturated carbocycles. The normalized spacial score (nSPS) is 11.0. The number of hydrogen-bond acceptors (Lipinski definition) is 5. The largest absolute Gasteiger partial charge is 0.493 e. The SMILES string of the molecule is CCN(CC)CCOC(=O)/C=C/c1ccc(OC)c(OC)c1. The molecule has 0 unspecified atom stereocenters. The average molecular weight is 307 g/mol. The summed E-state index contributed by atoms with van der Waals surface area (Å²) >= 11 is 0. The highest BCUT2D eigenvalue weighted by molar-refractivity contribution is 5.87. The van der Waals surface area contributed by atoms with Gasteiger partial charge in [0, 0.05) is 12.6 Å². The van der Waals surface area contributed by atoms with E-state index in [2.05, 4.69) is 18.7 Å². The molecule has 0 radical (unpaired) electrons. The molecule has 0 aromatic heterocycles. The number of methoxy groups -OCH3 is 2. The van der Waals surface area contributed by atoms with Gasteiger partial charge < -0.3 is 19.1 Å². The second-order valence-electron chi connectivity index (χ2n) is 4.64. The fourth-order valence-electron chi connectivity index (χ4n) is 1.98. The molecule has 1 rings (SSSR count). The average Bonchev–Trinajstić information content (AvgIpc) is 2.56. The second kappa shape index (κ2) is 9.84. The molecule has 1 aromatic rings. The van der Waals surface area contributed by atoms with Crippen molar-refractivity contribution in [3.05, 3.63) is 29.8 Å². The number of rotatable bonds is 9. The van der Waals surface area contributed by atoms with E-state index in [0.29, 0.717) is 18.1 Å². The van der Waals surface area contributed by atoms with E-state index in [9.17, 15) is 4.79 Å². The molecule has 0 aliphatic carbocycles. The van der Waals surface area contributed by atoms with Gasteiger partial charge in [-0.1, -0.05) is 19.9 Å². The molecule has 0 atom stereocenters. The Kier molecular flexibility index (Phi) is 8.07. The molecular weight excluding hydrogens is 282 g/mol. The summed E-state index contributed by atoms with van der Waals surface area (Å²) in [6, 6.07) is 5.45. The van der Waals surface area contributed by atoms with Gasteiger partial charge in [-0.3, -0.25) is 0 Å². The highest BCUT2D eigenvalue weighted by Crippen LogP contribution is 2.27. The van der Waals surface area contributed by atoms with Crippen LogP contribution in [0.2, 0.25) is 0 Å². The maximum Gasteiger partial charge on any atom is 0.330 e. The Morgan fingerprint density at radius 3 is 2.41 bits per heavy atom. The van der Waals surface area contributed by atoms with Crippen LogP contribution in [0.15, 0.2) is 24.3 Å². The Morgan fingerprint density at radius 1 is 1.14 bits per heavy atom. The summed E-state index contributed by atoms with van der Waals surface area (Å²) < 4.78 is 15.6. The van der Waals surface area contributed by atoms with Crippen LogP contribution in [0, 0.1) is 0 Å². The quantitative estimate of drug-likeness (QED) is 0.518. The van der Waals surface area contributed by atoms with Crippen LogP contribution in [-0.2, 0) is 9.53 Å². The summed E-state index contributed by atoms with van der Waals surface area (Å²) in [6.07, 6.45) is 3.12. The number of ether oxygens (including phenoxy) is 3. The zero-order valence-electron chi connectivity index (χ0n) is 13.8. The standard InChI is InChI=1S/C17H25NO4/c1-5-18(6-2)11-12-22-17(19)10-8-14-7-9-15(20-3)16(13-14)21-4/h7-10,13H,5-6,11-12H2,1-4H3/b10-8+.